The molecule has 1 heterocycles. The van der Waals surface area contributed by atoms with Crippen LogP contribution in [0.5, 0.6) is 11.5 Å². The summed E-state index contributed by atoms with van der Waals surface area (Å²) < 4.78 is 0. The molecule has 0 saturated carbocycles. The summed E-state index contributed by atoms with van der Waals surface area (Å²) in [7, 11) is 0. The molecule has 1 atom stereocenters. The van der Waals surface area contributed by atoms with Crippen LogP contribution < -0.4 is 5.32 Å². The predicted molar refractivity (Wildman–Crippen MR) is 68.6 cm³/mol. The molecule has 1 aliphatic rings. The van der Waals surface area contributed by atoms with E-state index in [2.05, 4.69) is 17.4 Å². The maximum absolute atomic E-state index is 9.68. The molecule has 0 amide bonds. The van der Waals surface area contributed by atoms with Gasteiger partial charge in [0.2, 0.25) is 0 Å². The smallest absolute Gasteiger partial charge is 0.157 e. The van der Waals surface area contributed by atoms with Gasteiger partial charge in [0.15, 0.2) is 11.5 Å². The standard InChI is InChI=1S/C15H15NO2/c17-13-8-11-6-7-16-15(12(11)9-14(13)18)10-4-2-1-3-5-10/h1-5,8-9,15-18H,6-7H2/p+1/t15-/m1/s1. The minimum absolute atomic E-state index is 0.0255. The van der Waals surface area contributed by atoms with Gasteiger partial charge < -0.3 is 15.5 Å². The molecule has 2 aromatic rings. The van der Waals surface area contributed by atoms with Crippen LogP contribution in [-0.4, -0.2) is 16.8 Å². The minimum atomic E-state index is -0.0371. The number of benzene rings is 2. The largest absolute Gasteiger partial charge is 0.504 e. The number of hydrogen-bond acceptors (Lipinski definition) is 2. The van der Waals surface area contributed by atoms with Crippen LogP contribution in [0.1, 0.15) is 22.7 Å². The summed E-state index contributed by atoms with van der Waals surface area (Å²) >= 11 is 0. The summed E-state index contributed by atoms with van der Waals surface area (Å²) in [5, 5.41) is 21.5. The van der Waals surface area contributed by atoms with Gasteiger partial charge in [-0.2, -0.15) is 0 Å². The second kappa shape index (κ2) is 4.35. The molecule has 0 aromatic heterocycles. The van der Waals surface area contributed by atoms with Gasteiger partial charge in [-0.15, -0.1) is 0 Å². The van der Waals surface area contributed by atoms with E-state index in [1.807, 2.05) is 18.2 Å². The Hall–Kier alpha value is -2.00. The molecule has 0 spiro atoms. The quantitative estimate of drug-likeness (QED) is 0.660. The van der Waals surface area contributed by atoms with Crippen LogP contribution >= 0.6 is 0 Å². The molecule has 0 fully saturated rings. The van der Waals surface area contributed by atoms with E-state index in [1.54, 1.807) is 12.1 Å². The molecule has 1 aliphatic heterocycles. The van der Waals surface area contributed by atoms with Crippen LogP contribution in [0.15, 0.2) is 42.5 Å². The molecule has 3 nitrogen and oxygen atoms in total. The minimum Gasteiger partial charge on any atom is -0.504 e. The third-order valence-corrected chi connectivity index (χ3v) is 3.55. The molecular formula is C15H16NO2+. The predicted octanol–water partition coefficient (Wildman–Crippen LogP) is 1.31. The number of quaternary nitrogens is 1. The SMILES string of the molecule is Oc1cc2c(cc1O)[C@@H](c1ccccc1)[NH2+]CC2. The lowest BCUT2D eigenvalue weighted by atomic mass is 9.89. The first-order valence-corrected chi connectivity index (χ1v) is 6.19. The zero-order chi connectivity index (χ0) is 12.5. The Bertz CT molecular complexity index is 566. The number of rotatable bonds is 1. The number of fused-ring (bicyclic) bond motifs is 1. The van der Waals surface area contributed by atoms with E-state index in [9.17, 15) is 10.2 Å². The van der Waals surface area contributed by atoms with E-state index in [1.165, 1.54) is 5.56 Å². The molecule has 0 bridgehead atoms. The Morgan fingerprint density at radius 1 is 1.00 bits per heavy atom. The fraction of sp³-hybridized carbons (Fsp3) is 0.200. The van der Waals surface area contributed by atoms with Gasteiger partial charge in [-0.05, 0) is 17.7 Å². The first kappa shape index (κ1) is 11.1. The number of phenolic OH excluding ortho intramolecular Hbond substituents is 2. The van der Waals surface area contributed by atoms with Gasteiger partial charge in [-0.25, -0.2) is 0 Å². The van der Waals surface area contributed by atoms with Crippen LogP contribution in [0, 0.1) is 0 Å². The summed E-state index contributed by atoms with van der Waals surface area (Å²) in [5.41, 5.74) is 3.45. The van der Waals surface area contributed by atoms with Crippen LogP contribution in [0.4, 0.5) is 0 Å². The normalized spacial score (nSPS) is 18.3. The second-order valence-electron chi connectivity index (χ2n) is 4.70. The average Bonchev–Trinajstić information content (AvgIpc) is 2.40. The van der Waals surface area contributed by atoms with Gasteiger partial charge in [-0.1, -0.05) is 30.3 Å². The van der Waals surface area contributed by atoms with Crippen LogP contribution in [0.3, 0.4) is 0 Å². The van der Waals surface area contributed by atoms with Crippen molar-refractivity contribution in [3.63, 3.8) is 0 Å². The van der Waals surface area contributed by atoms with Gasteiger partial charge >= 0.3 is 0 Å². The molecule has 0 radical (unpaired) electrons. The highest BCUT2D eigenvalue weighted by Gasteiger charge is 2.26. The van der Waals surface area contributed by atoms with Crippen molar-refractivity contribution in [2.45, 2.75) is 12.5 Å². The Morgan fingerprint density at radius 2 is 1.72 bits per heavy atom. The molecule has 0 unspecified atom stereocenters. The van der Waals surface area contributed by atoms with Gasteiger partial charge in [0.25, 0.3) is 0 Å². The fourth-order valence-corrected chi connectivity index (χ4v) is 2.65. The first-order chi connectivity index (χ1) is 8.75. The third-order valence-electron chi connectivity index (χ3n) is 3.55. The summed E-state index contributed by atoms with van der Waals surface area (Å²) in [6.45, 7) is 0.997. The number of hydrogen-bond donors (Lipinski definition) is 3. The van der Waals surface area contributed by atoms with Crippen molar-refractivity contribution in [1.82, 2.24) is 0 Å². The van der Waals surface area contributed by atoms with Crippen molar-refractivity contribution < 1.29 is 15.5 Å². The van der Waals surface area contributed by atoms with Crippen molar-refractivity contribution in [3.05, 3.63) is 59.2 Å². The van der Waals surface area contributed by atoms with E-state index < -0.39 is 0 Å². The summed E-state index contributed by atoms with van der Waals surface area (Å²) in [6, 6.07) is 13.8. The summed E-state index contributed by atoms with van der Waals surface area (Å²) in [5.74, 6) is -0.0626. The molecule has 0 aliphatic carbocycles. The highest BCUT2D eigenvalue weighted by Crippen LogP contribution is 2.33. The van der Waals surface area contributed by atoms with E-state index in [0.29, 0.717) is 0 Å². The number of aromatic hydroxyl groups is 2. The van der Waals surface area contributed by atoms with Crippen molar-refractivity contribution in [2.24, 2.45) is 0 Å². The van der Waals surface area contributed by atoms with Gasteiger partial charge in [0.05, 0.1) is 6.54 Å². The fourth-order valence-electron chi connectivity index (χ4n) is 2.65. The van der Waals surface area contributed by atoms with E-state index in [-0.39, 0.29) is 17.5 Å². The molecular weight excluding hydrogens is 226 g/mol. The van der Waals surface area contributed by atoms with Crippen molar-refractivity contribution >= 4 is 0 Å². The Labute approximate surface area is 106 Å². The lowest BCUT2D eigenvalue weighted by molar-refractivity contribution is -0.690. The molecule has 2 aromatic carbocycles. The van der Waals surface area contributed by atoms with Crippen LogP contribution in [0.25, 0.3) is 0 Å². The maximum atomic E-state index is 9.68. The van der Waals surface area contributed by atoms with E-state index in [4.69, 9.17) is 0 Å². The molecule has 3 heteroatoms. The topological polar surface area (TPSA) is 57.1 Å². The summed E-state index contributed by atoms with van der Waals surface area (Å²) in [6.07, 6.45) is 0.923. The Kier molecular flexibility index (Phi) is 2.68. The Balaban J connectivity index is 2.09. The van der Waals surface area contributed by atoms with E-state index >= 15 is 0 Å². The molecule has 0 saturated heterocycles. The number of phenols is 2. The highest BCUT2D eigenvalue weighted by molar-refractivity contribution is 5.48. The van der Waals surface area contributed by atoms with Crippen LogP contribution in [-0.2, 0) is 6.42 Å². The Morgan fingerprint density at radius 3 is 2.50 bits per heavy atom. The lowest BCUT2D eigenvalue weighted by Crippen LogP contribution is -2.87. The summed E-state index contributed by atoms with van der Waals surface area (Å²) in [4.78, 5) is 0. The molecule has 92 valence electrons. The van der Waals surface area contributed by atoms with Crippen molar-refractivity contribution in [1.29, 1.82) is 0 Å². The lowest BCUT2D eigenvalue weighted by Gasteiger charge is -2.24. The van der Waals surface area contributed by atoms with Crippen molar-refractivity contribution in [3.8, 4) is 11.5 Å². The zero-order valence-corrected chi connectivity index (χ0v) is 10.0. The first-order valence-electron chi connectivity index (χ1n) is 6.19. The molecule has 18 heavy (non-hydrogen) atoms. The zero-order valence-electron chi connectivity index (χ0n) is 10.0. The maximum Gasteiger partial charge on any atom is 0.157 e. The van der Waals surface area contributed by atoms with E-state index in [0.717, 1.165) is 24.1 Å². The van der Waals surface area contributed by atoms with Gasteiger partial charge in [0, 0.05) is 17.5 Å². The second-order valence-corrected chi connectivity index (χ2v) is 4.70. The number of nitrogens with two attached hydrogens (primary N) is 1. The van der Waals surface area contributed by atoms with Crippen LogP contribution in [0.2, 0.25) is 0 Å². The van der Waals surface area contributed by atoms with Gasteiger partial charge in [0.1, 0.15) is 6.04 Å². The monoisotopic (exact) mass is 242 g/mol. The van der Waals surface area contributed by atoms with Crippen molar-refractivity contribution in [2.75, 3.05) is 6.54 Å². The third kappa shape index (κ3) is 1.83. The van der Waals surface area contributed by atoms with Gasteiger partial charge in [-0.3, -0.25) is 0 Å². The average molecular weight is 242 g/mol. The molecule has 3 rings (SSSR count). The molecule has 4 N–H and O–H groups in total. The highest BCUT2D eigenvalue weighted by atomic mass is 16.3.